The number of nitrogens with one attached hydrogen (secondary N) is 1. The van der Waals surface area contributed by atoms with Crippen LogP contribution < -0.4 is 5.56 Å². The first-order valence-electron chi connectivity index (χ1n) is 9.18. The van der Waals surface area contributed by atoms with Crippen LogP contribution in [0.4, 0.5) is 0 Å². The number of benzene rings is 1. The van der Waals surface area contributed by atoms with Crippen molar-refractivity contribution in [3.63, 3.8) is 0 Å². The first-order chi connectivity index (χ1) is 13.7. The summed E-state index contributed by atoms with van der Waals surface area (Å²) >= 11 is 1.37. The molecular formula is C19H20N6O2S. The van der Waals surface area contributed by atoms with Crippen molar-refractivity contribution in [2.24, 2.45) is 0 Å². The average molecular weight is 396 g/mol. The molecule has 0 radical (unpaired) electrons. The summed E-state index contributed by atoms with van der Waals surface area (Å²) in [5.41, 5.74) is 1.13. The molecule has 1 aromatic carbocycles. The lowest BCUT2D eigenvalue weighted by atomic mass is 10.2. The molecule has 0 saturated heterocycles. The van der Waals surface area contributed by atoms with Gasteiger partial charge in [-0.3, -0.25) is 4.79 Å². The van der Waals surface area contributed by atoms with Crippen LogP contribution in [-0.2, 0) is 6.42 Å². The highest BCUT2D eigenvalue weighted by atomic mass is 32.2. The third-order valence-corrected chi connectivity index (χ3v) is 5.26. The standard InChI is InChI=1S/C19H20N6O2S/c1-3-4-10-15-21-18(27-24-15)12(2)28-19-22-16-14(17(26)23-19)11-20-25(16)13-8-6-5-7-9-13/h5-9,11-12H,3-4,10H2,1-2H3,(H,22,23,26)/t12-/m1/s1. The Morgan fingerprint density at radius 2 is 2.07 bits per heavy atom. The highest BCUT2D eigenvalue weighted by Gasteiger charge is 2.19. The number of fused-ring (bicyclic) bond motifs is 1. The van der Waals surface area contributed by atoms with Gasteiger partial charge in [-0.2, -0.15) is 10.1 Å². The van der Waals surface area contributed by atoms with Crippen molar-refractivity contribution in [3.05, 3.63) is 58.6 Å². The summed E-state index contributed by atoms with van der Waals surface area (Å²) in [6, 6.07) is 9.60. The molecule has 0 aliphatic carbocycles. The molecule has 4 aromatic rings. The van der Waals surface area contributed by atoms with Gasteiger partial charge >= 0.3 is 0 Å². The van der Waals surface area contributed by atoms with Gasteiger partial charge in [0.2, 0.25) is 5.89 Å². The van der Waals surface area contributed by atoms with Crippen LogP contribution in [0.5, 0.6) is 0 Å². The average Bonchev–Trinajstić information content (AvgIpc) is 3.34. The highest BCUT2D eigenvalue weighted by Crippen LogP contribution is 2.32. The third kappa shape index (κ3) is 3.70. The van der Waals surface area contributed by atoms with E-state index in [1.807, 2.05) is 37.3 Å². The summed E-state index contributed by atoms with van der Waals surface area (Å²) in [4.78, 5) is 24.3. The molecule has 0 unspecified atom stereocenters. The predicted octanol–water partition coefficient (Wildman–Crippen LogP) is 3.69. The molecule has 0 aliphatic heterocycles. The zero-order valence-electron chi connectivity index (χ0n) is 15.6. The number of hydrogen-bond donors (Lipinski definition) is 1. The van der Waals surface area contributed by atoms with E-state index in [-0.39, 0.29) is 10.8 Å². The van der Waals surface area contributed by atoms with Crippen molar-refractivity contribution in [3.8, 4) is 5.69 Å². The highest BCUT2D eigenvalue weighted by molar-refractivity contribution is 7.99. The summed E-state index contributed by atoms with van der Waals surface area (Å²) in [6.45, 7) is 4.07. The van der Waals surface area contributed by atoms with Gasteiger partial charge in [0.15, 0.2) is 16.6 Å². The number of unbranched alkanes of at least 4 members (excludes halogenated alkanes) is 1. The maximum atomic E-state index is 12.5. The molecule has 0 aliphatic rings. The molecule has 8 nitrogen and oxygen atoms in total. The van der Waals surface area contributed by atoms with Crippen molar-refractivity contribution < 1.29 is 4.52 Å². The Bertz CT molecular complexity index is 1130. The second-order valence-corrected chi connectivity index (χ2v) is 7.74. The van der Waals surface area contributed by atoms with E-state index >= 15 is 0 Å². The SMILES string of the molecule is CCCCc1noc([C@@H](C)Sc2nc3c(cnn3-c3ccccc3)c(=O)[nH]2)n1. The smallest absolute Gasteiger partial charge is 0.262 e. The predicted molar refractivity (Wildman–Crippen MR) is 107 cm³/mol. The van der Waals surface area contributed by atoms with Crippen molar-refractivity contribution >= 4 is 22.8 Å². The molecule has 4 rings (SSSR count). The third-order valence-electron chi connectivity index (χ3n) is 4.29. The first kappa shape index (κ1) is 18.4. The van der Waals surface area contributed by atoms with Gasteiger partial charge in [0.25, 0.3) is 5.56 Å². The minimum Gasteiger partial charge on any atom is -0.338 e. The van der Waals surface area contributed by atoms with E-state index in [4.69, 9.17) is 4.52 Å². The second-order valence-electron chi connectivity index (χ2n) is 6.41. The Labute approximate surface area is 165 Å². The van der Waals surface area contributed by atoms with E-state index in [2.05, 4.69) is 32.1 Å². The molecule has 0 fully saturated rings. The molecule has 0 saturated carbocycles. The topological polar surface area (TPSA) is 102 Å². The molecule has 144 valence electrons. The number of rotatable bonds is 7. The van der Waals surface area contributed by atoms with Gasteiger partial charge in [-0.15, -0.1) is 0 Å². The maximum Gasteiger partial charge on any atom is 0.262 e. The van der Waals surface area contributed by atoms with Gasteiger partial charge in [0.05, 0.1) is 17.1 Å². The minimum absolute atomic E-state index is 0.142. The number of hydrogen-bond acceptors (Lipinski definition) is 7. The van der Waals surface area contributed by atoms with Crippen LogP contribution in [-0.4, -0.2) is 29.9 Å². The van der Waals surface area contributed by atoms with Crippen molar-refractivity contribution in [1.29, 1.82) is 0 Å². The summed E-state index contributed by atoms with van der Waals surface area (Å²) < 4.78 is 7.03. The fraction of sp³-hybridized carbons (Fsp3) is 0.316. The lowest BCUT2D eigenvalue weighted by molar-refractivity contribution is 0.374. The monoisotopic (exact) mass is 396 g/mol. The van der Waals surface area contributed by atoms with E-state index in [9.17, 15) is 4.79 Å². The largest absolute Gasteiger partial charge is 0.338 e. The summed E-state index contributed by atoms with van der Waals surface area (Å²) in [7, 11) is 0. The van der Waals surface area contributed by atoms with E-state index in [1.165, 1.54) is 18.0 Å². The van der Waals surface area contributed by atoms with Gasteiger partial charge < -0.3 is 9.51 Å². The zero-order valence-corrected chi connectivity index (χ0v) is 16.4. The quantitative estimate of drug-likeness (QED) is 0.375. The molecule has 28 heavy (non-hydrogen) atoms. The normalized spacial score (nSPS) is 12.5. The molecule has 1 N–H and O–H groups in total. The Kier molecular flexibility index (Phi) is 5.25. The minimum atomic E-state index is -0.226. The lowest BCUT2D eigenvalue weighted by Gasteiger charge is -2.07. The second kappa shape index (κ2) is 7.97. The Balaban J connectivity index is 1.62. The number of aryl methyl sites for hydroxylation is 1. The molecule has 3 aromatic heterocycles. The van der Waals surface area contributed by atoms with Gasteiger partial charge in [-0.05, 0) is 25.5 Å². The van der Waals surface area contributed by atoms with E-state index in [0.717, 1.165) is 24.9 Å². The van der Waals surface area contributed by atoms with Gasteiger partial charge in [0, 0.05) is 6.42 Å². The van der Waals surface area contributed by atoms with Gasteiger partial charge in [-0.25, -0.2) is 9.67 Å². The molecule has 0 amide bonds. The van der Waals surface area contributed by atoms with Crippen LogP contribution in [0, 0.1) is 0 Å². The van der Waals surface area contributed by atoms with E-state index in [1.54, 1.807) is 4.68 Å². The van der Waals surface area contributed by atoms with Crippen molar-refractivity contribution in [2.45, 2.75) is 43.5 Å². The van der Waals surface area contributed by atoms with Crippen molar-refractivity contribution in [1.82, 2.24) is 29.9 Å². The Morgan fingerprint density at radius 1 is 1.25 bits per heavy atom. The number of para-hydroxylation sites is 1. The number of aromatic nitrogens is 6. The summed E-state index contributed by atoms with van der Waals surface area (Å²) in [5.74, 6) is 1.23. The maximum absolute atomic E-state index is 12.5. The molecule has 0 bridgehead atoms. The first-order valence-corrected chi connectivity index (χ1v) is 10.1. The number of thioether (sulfide) groups is 1. The van der Waals surface area contributed by atoms with Crippen LogP contribution in [0.2, 0.25) is 0 Å². The number of aromatic amines is 1. The molecule has 9 heteroatoms. The van der Waals surface area contributed by atoms with Crippen LogP contribution in [0.1, 0.15) is 43.7 Å². The van der Waals surface area contributed by atoms with Crippen molar-refractivity contribution in [2.75, 3.05) is 0 Å². The van der Waals surface area contributed by atoms with E-state index < -0.39 is 0 Å². The van der Waals surface area contributed by atoms with Crippen LogP contribution >= 0.6 is 11.8 Å². The molecule has 1 atom stereocenters. The molecule has 3 heterocycles. The number of H-pyrrole nitrogens is 1. The van der Waals surface area contributed by atoms with Crippen LogP contribution in [0.3, 0.4) is 0 Å². The fourth-order valence-electron chi connectivity index (χ4n) is 2.80. The summed E-state index contributed by atoms with van der Waals surface area (Å²) in [6.07, 6.45) is 4.43. The van der Waals surface area contributed by atoms with Crippen LogP contribution in [0.15, 0.2) is 51.0 Å². The van der Waals surface area contributed by atoms with Crippen LogP contribution in [0.25, 0.3) is 16.7 Å². The Hall–Kier alpha value is -2.94. The van der Waals surface area contributed by atoms with Gasteiger partial charge in [0.1, 0.15) is 5.39 Å². The van der Waals surface area contributed by atoms with Gasteiger partial charge in [-0.1, -0.05) is 48.5 Å². The molecule has 0 spiro atoms. The molecular weight excluding hydrogens is 376 g/mol. The zero-order chi connectivity index (χ0) is 19.5. The Morgan fingerprint density at radius 3 is 2.86 bits per heavy atom. The van der Waals surface area contributed by atoms with E-state index in [0.29, 0.717) is 27.9 Å². The lowest BCUT2D eigenvalue weighted by Crippen LogP contribution is -2.10. The summed E-state index contributed by atoms with van der Waals surface area (Å²) in [5, 5.41) is 9.13. The fourth-order valence-corrected chi connectivity index (χ4v) is 3.62. The number of nitrogens with zero attached hydrogens (tertiary/aromatic N) is 5.